The van der Waals surface area contributed by atoms with Gasteiger partial charge in [0.2, 0.25) is 0 Å². The molecule has 1 N–H and O–H groups in total. The minimum absolute atomic E-state index is 0.121. The fourth-order valence-corrected chi connectivity index (χ4v) is 7.14. The number of aliphatic hydroxyl groups is 1. The van der Waals surface area contributed by atoms with Gasteiger partial charge >= 0.3 is 5.97 Å². The van der Waals surface area contributed by atoms with Crippen molar-refractivity contribution in [2.45, 2.75) is 77.9 Å². The molecule has 4 rings (SSSR count). The van der Waals surface area contributed by atoms with Crippen molar-refractivity contribution < 1.29 is 14.6 Å². The first kappa shape index (κ1) is 16.6. The van der Waals surface area contributed by atoms with Gasteiger partial charge in [-0.1, -0.05) is 26.0 Å². The minimum Gasteiger partial charge on any atom is -0.462 e. The number of esters is 1. The van der Waals surface area contributed by atoms with Gasteiger partial charge in [0.15, 0.2) is 0 Å². The smallest absolute Gasteiger partial charge is 0.302 e. The van der Waals surface area contributed by atoms with Crippen LogP contribution in [0.4, 0.5) is 0 Å². The average molecular weight is 332 g/mol. The first-order valence-corrected chi connectivity index (χ1v) is 9.89. The van der Waals surface area contributed by atoms with Crippen LogP contribution in [0.3, 0.4) is 0 Å². The maximum atomic E-state index is 11.5. The van der Waals surface area contributed by atoms with E-state index in [2.05, 4.69) is 19.9 Å². The van der Waals surface area contributed by atoms with Crippen molar-refractivity contribution in [1.29, 1.82) is 0 Å². The lowest BCUT2D eigenvalue weighted by Crippen LogP contribution is -2.53. The highest BCUT2D eigenvalue weighted by atomic mass is 16.5. The predicted molar refractivity (Wildman–Crippen MR) is 93.2 cm³/mol. The molecule has 0 heterocycles. The number of carbonyl (C=O) groups excluding carboxylic acids is 1. The molecule has 0 aliphatic heterocycles. The van der Waals surface area contributed by atoms with Crippen molar-refractivity contribution in [1.82, 2.24) is 0 Å². The third kappa shape index (κ3) is 2.30. The van der Waals surface area contributed by atoms with E-state index in [0.29, 0.717) is 11.8 Å². The van der Waals surface area contributed by atoms with Crippen molar-refractivity contribution in [2.24, 2.45) is 34.5 Å². The molecule has 0 spiro atoms. The van der Waals surface area contributed by atoms with Gasteiger partial charge in [0.05, 0.1) is 6.10 Å². The lowest BCUT2D eigenvalue weighted by Gasteiger charge is -2.59. The number of aliphatic hydroxyl groups excluding tert-OH is 1. The van der Waals surface area contributed by atoms with Gasteiger partial charge in [0.1, 0.15) is 6.10 Å². The molecular formula is C21H32O3. The minimum atomic E-state index is -0.242. The first-order valence-electron chi connectivity index (χ1n) is 9.89. The lowest BCUT2D eigenvalue weighted by atomic mass is 9.46. The van der Waals surface area contributed by atoms with E-state index in [-0.39, 0.29) is 29.0 Å². The second-order valence-electron chi connectivity index (χ2n) is 9.40. The van der Waals surface area contributed by atoms with Gasteiger partial charge in [-0.05, 0) is 74.0 Å². The second kappa shape index (κ2) is 5.59. The third-order valence-electron chi connectivity index (χ3n) is 8.39. The van der Waals surface area contributed by atoms with E-state index < -0.39 is 0 Å². The van der Waals surface area contributed by atoms with Crippen LogP contribution in [0.25, 0.3) is 0 Å². The number of hydrogen-bond acceptors (Lipinski definition) is 3. The Labute approximate surface area is 145 Å². The number of rotatable bonds is 1. The highest BCUT2D eigenvalue weighted by Crippen LogP contribution is 2.65. The zero-order valence-electron chi connectivity index (χ0n) is 15.3. The van der Waals surface area contributed by atoms with Gasteiger partial charge < -0.3 is 9.84 Å². The maximum absolute atomic E-state index is 11.5. The normalized spacial score (nSPS) is 53.0. The molecule has 8 atom stereocenters. The van der Waals surface area contributed by atoms with E-state index in [0.717, 1.165) is 24.7 Å². The summed E-state index contributed by atoms with van der Waals surface area (Å²) < 4.78 is 5.72. The Bertz CT molecular complexity index is 555. The number of fused-ring (bicyclic) bond motifs is 5. The average Bonchev–Trinajstić information content (AvgIpc) is 2.84. The van der Waals surface area contributed by atoms with Crippen molar-refractivity contribution in [3.05, 3.63) is 12.2 Å². The second-order valence-corrected chi connectivity index (χ2v) is 9.40. The molecule has 3 nitrogen and oxygen atoms in total. The summed E-state index contributed by atoms with van der Waals surface area (Å²) in [6, 6.07) is 0. The molecule has 134 valence electrons. The Hall–Kier alpha value is -0.830. The Balaban J connectivity index is 1.61. The highest BCUT2D eigenvalue weighted by Gasteiger charge is 2.60. The van der Waals surface area contributed by atoms with Crippen molar-refractivity contribution >= 4 is 5.97 Å². The Morgan fingerprint density at radius 2 is 1.92 bits per heavy atom. The third-order valence-corrected chi connectivity index (χ3v) is 8.39. The monoisotopic (exact) mass is 332 g/mol. The first-order chi connectivity index (χ1) is 11.3. The van der Waals surface area contributed by atoms with Crippen LogP contribution in [0, 0.1) is 34.5 Å². The van der Waals surface area contributed by atoms with Crippen molar-refractivity contribution in [3.8, 4) is 0 Å². The lowest BCUT2D eigenvalue weighted by molar-refractivity contribution is -0.158. The number of hydrogen-bond donors (Lipinski definition) is 1. The molecule has 24 heavy (non-hydrogen) atoms. The largest absolute Gasteiger partial charge is 0.462 e. The van der Waals surface area contributed by atoms with Crippen LogP contribution in [0.2, 0.25) is 0 Å². The molecule has 0 saturated heterocycles. The molecule has 4 aliphatic carbocycles. The molecule has 0 radical (unpaired) electrons. The number of allylic oxidation sites excluding steroid dienone is 1. The van der Waals surface area contributed by atoms with Gasteiger partial charge in [0.25, 0.3) is 0 Å². The molecule has 0 unspecified atom stereocenters. The van der Waals surface area contributed by atoms with Gasteiger partial charge in [0, 0.05) is 12.3 Å². The summed E-state index contributed by atoms with van der Waals surface area (Å²) in [7, 11) is 0. The zero-order chi connectivity index (χ0) is 17.1. The topological polar surface area (TPSA) is 46.5 Å². The Morgan fingerprint density at radius 1 is 1.12 bits per heavy atom. The van der Waals surface area contributed by atoms with E-state index in [1.807, 2.05) is 6.08 Å². The molecular weight excluding hydrogens is 300 g/mol. The van der Waals surface area contributed by atoms with E-state index in [1.165, 1.54) is 32.1 Å². The predicted octanol–water partition coefficient (Wildman–Crippen LogP) is 4.10. The number of ether oxygens (including phenoxy) is 1. The standard InChI is InChI=1S/C21H32O3/c1-13(22)24-19-7-6-17-16-5-4-14-12-15(23)8-10-20(14,2)18(16)9-11-21(17,19)3/h8,10,14-19,23H,4-7,9,11-12H2,1-3H3/t14-,15+,16+,17-,18+,19+,20+,21+/m1/s1. The highest BCUT2D eigenvalue weighted by molar-refractivity contribution is 5.66. The molecule has 0 aromatic carbocycles. The fourth-order valence-electron chi connectivity index (χ4n) is 7.14. The SMILES string of the molecule is CC(=O)O[C@H]1CC[C@@H]2[C@@H]3CC[C@@H]4C[C@@H](O)C=C[C@]4(C)[C@H]3CC[C@]12C. The molecule has 3 saturated carbocycles. The molecule has 0 aromatic heterocycles. The Morgan fingerprint density at radius 3 is 2.67 bits per heavy atom. The quantitative estimate of drug-likeness (QED) is 0.581. The summed E-state index contributed by atoms with van der Waals surface area (Å²) in [5, 5.41) is 10.0. The summed E-state index contributed by atoms with van der Waals surface area (Å²) in [5.41, 5.74) is 0.428. The summed E-state index contributed by atoms with van der Waals surface area (Å²) in [5.74, 6) is 2.69. The van der Waals surface area contributed by atoms with Crippen LogP contribution >= 0.6 is 0 Å². The van der Waals surface area contributed by atoms with Crippen LogP contribution in [0.15, 0.2) is 12.2 Å². The molecule has 3 heteroatoms. The van der Waals surface area contributed by atoms with Crippen LogP contribution in [0.5, 0.6) is 0 Å². The van der Waals surface area contributed by atoms with Crippen molar-refractivity contribution in [3.63, 3.8) is 0 Å². The summed E-state index contributed by atoms with van der Waals surface area (Å²) >= 11 is 0. The summed E-state index contributed by atoms with van der Waals surface area (Å²) in [6.07, 6.45) is 12.4. The van der Waals surface area contributed by atoms with Gasteiger partial charge in [-0.3, -0.25) is 4.79 Å². The molecule has 0 amide bonds. The van der Waals surface area contributed by atoms with Gasteiger partial charge in [-0.15, -0.1) is 0 Å². The molecule has 4 aliphatic rings. The van der Waals surface area contributed by atoms with Crippen molar-refractivity contribution in [2.75, 3.05) is 0 Å². The van der Waals surface area contributed by atoms with Crippen LogP contribution in [-0.4, -0.2) is 23.3 Å². The Kier molecular flexibility index (Phi) is 3.87. The van der Waals surface area contributed by atoms with Crippen LogP contribution < -0.4 is 0 Å². The number of carbonyl (C=O) groups is 1. The van der Waals surface area contributed by atoms with Crippen LogP contribution in [-0.2, 0) is 9.53 Å². The van der Waals surface area contributed by atoms with Crippen LogP contribution in [0.1, 0.15) is 65.7 Å². The maximum Gasteiger partial charge on any atom is 0.302 e. The van der Waals surface area contributed by atoms with Gasteiger partial charge in [-0.2, -0.15) is 0 Å². The summed E-state index contributed by atoms with van der Waals surface area (Å²) in [4.78, 5) is 11.5. The van der Waals surface area contributed by atoms with E-state index >= 15 is 0 Å². The molecule has 3 fully saturated rings. The molecule has 0 aromatic rings. The molecule has 0 bridgehead atoms. The van der Waals surface area contributed by atoms with E-state index in [1.54, 1.807) is 6.92 Å². The summed E-state index contributed by atoms with van der Waals surface area (Å²) in [6.45, 7) is 6.37. The van der Waals surface area contributed by atoms with Gasteiger partial charge in [-0.25, -0.2) is 0 Å². The fraction of sp³-hybridized carbons (Fsp3) is 0.857. The zero-order valence-corrected chi connectivity index (χ0v) is 15.3. The van der Waals surface area contributed by atoms with E-state index in [4.69, 9.17) is 4.74 Å². The van der Waals surface area contributed by atoms with E-state index in [9.17, 15) is 9.90 Å².